The minimum absolute atomic E-state index is 0.0181. The molecule has 1 saturated carbocycles. The van der Waals surface area contributed by atoms with Crippen molar-refractivity contribution in [1.29, 1.82) is 0 Å². The molecule has 1 amide bonds. The van der Waals surface area contributed by atoms with Gasteiger partial charge in [0, 0.05) is 16.0 Å². The van der Waals surface area contributed by atoms with E-state index in [9.17, 15) is 9.59 Å². The molecule has 124 valence electrons. The summed E-state index contributed by atoms with van der Waals surface area (Å²) in [6.07, 6.45) is 2.38. The molecule has 6 heteroatoms. The third-order valence-electron chi connectivity index (χ3n) is 4.73. The number of aliphatic carboxylic acids is 1. The summed E-state index contributed by atoms with van der Waals surface area (Å²) in [7, 11) is 0. The molecule has 0 bridgehead atoms. The first-order chi connectivity index (χ1) is 11.6. The molecule has 0 unspecified atom stereocenters. The van der Waals surface area contributed by atoms with E-state index in [4.69, 9.17) is 9.84 Å². The van der Waals surface area contributed by atoms with Crippen molar-refractivity contribution < 1.29 is 19.4 Å². The lowest BCUT2D eigenvalue weighted by atomic mass is 9.74. The Morgan fingerprint density at radius 2 is 2.08 bits per heavy atom. The Bertz CT molecular complexity index is 822. The van der Waals surface area contributed by atoms with Gasteiger partial charge < -0.3 is 15.2 Å². The fraction of sp³-hybridized carbons (Fsp3) is 0.333. The summed E-state index contributed by atoms with van der Waals surface area (Å²) in [5, 5.41) is 12.0. The van der Waals surface area contributed by atoms with Gasteiger partial charge in [-0.1, -0.05) is 12.1 Å². The normalized spacial score (nSPS) is 17.0. The third kappa shape index (κ3) is 2.57. The number of carboxylic acid groups (broad SMARTS) is 1. The van der Waals surface area contributed by atoms with Crippen LogP contribution in [0.15, 0.2) is 30.3 Å². The first-order valence-electron chi connectivity index (χ1n) is 7.96. The summed E-state index contributed by atoms with van der Waals surface area (Å²) in [5.74, 6) is -0.226. The van der Waals surface area contributed by atoms with Crippen LogP contribution in [-0.2, 0) is 11.4 Å². The fourth-order valence-corrected chi connectivity index (χ4v) is 4.45. The first kappa shape index (κ1) is 15.2. The minimum atomic E-state index is -0.872. The van der Waals surface area contributed by atoms with Crippen LogP contribution in [0.3, 0.4) is 0 Å². The van der Waals surface area contributed by atoms with E-state index in [1.165, 1.54) is 11.3 Å². The number of benzene rings is 1. The summed E-state index contributed by atoms with van der Waals surface area (Å²) in [4.78, 5) is 25.4. The van der Waals surface area contributed by atoms with Crippen molar-refractivity contribution >= 4 is 23.2 Å². The first-order valence-corrected chi connectivity index (χ1v) is 8.77. The standard InChI is InChI=1S/C18H17NO4S/c20-15(21)9-18(6-3-7-18)19-17(22)14-8-11-10-23-13-5-2-1-4-12(13)16(11)24-14/h1-2,4-5,8H,3,6-7,9-10H2,(H,19,22)(H,20,21). The maximum atomic E-state index is 12.6. The van der Waals surface area contributed by atoms with Crippen molar-refractivity contribution in [3.8, 4) is 16.2 Å². The van der Waals surface area contributed by atoms with E-state index in [0.29, 0.717) is 11.5 Å². The molecule has 0 radical (unpaired) electrons. The Balaban J connectivity index is 1.59. The molecular formula is C18H17NO4S. The van der Waals surface area contributed by atoms with E-state index in [0.717, 1.165) is 41.0 Å². The monoisotopic (exact) mass is 343 g/mol. The lowest BCUT2D eigenvalue weighted by Crippen LogP contribution is -2.54. The summed E-state index contributed by atoms with van der Waals surface area (Å²) in [6, 6.07) is 9.65. The second-order valence-corrected chi connectivity index (χ2v) is 7.46. The minimum Gasteiger partial charge on any atom is -0.488 e. The molecule has 0 saturated heterocycles. The van der Waals surface area contributed by atoms with Crippen LogP contribution in [0.1, 0.15) is 40.9 Å². The van der Waals surface area contributed by atoms with Gasteiger partial charge in [-0.3, -0.25) is 9.59 Å². The molecule has 2 aromatic rings. The van der Waals surface area contributed by atoms with Crippen molar-refractivity contribution in [3.63, 3.8) is 0 Å². The molecule has 24 heavy (non-hydrogen) atoms. The number of para-hydroxylation sites is 1. The van der Waals surface area contributed by atoms with Gasteiger partial charge >= 0.3 is 5.97 Å². The molecule has 4 rings (SSSR count). The number of ether oxygens (including phenoxy) is 1. The van der Waals surface area contributed by atoms with Gasteiger partial charge in [0.05, 0.1) is 16.8 Å². The highest BCUT2D eigenvalue weighted by Gasteiger charge is 2.40. The topological polar surface area (TPSA) is 75.6 Å². The number of hydrogen-bond acceptors (Lipinski definition) is 4. The van der Waals surface area contributed by atoms with Crippen LogP contribution >= 0.6 is 11.3 Å². The van der Waals surface area contributed by atoms with Crippen LogP contribution in [0.25, 0.3) is 10.4 Å². The number of hydrogen-bond donors (Lipinski definition) is 2. The molecule has 0 spiro atoms. The van der Waals surface area contributed by atoms with Gasteiger partial charge in [0.25, 0.3) is 5.91 Å². The van der Waals surface area contributed by atoms with Gasteiger partial charge in [0.15, 0.2) is 0 Å². The zero-order chi connectivity index (χ0) is 16.7. The molecule has 1 aliphatic heterocycles. The van der Waals surface area contributed by atoms with Crippen molar-refractivity contribution in [1.82, 2.24) is 5.32 Å². The maximum Gasteiger partial charge on any atom is 0.305 e. The highest BCUT2D eigenvalue weighted by atomic mass is 32.1. The third-order valence-corrected chi connectivity index (χ3v) is 5.94. The quantitative estimate of drug-likeness (QED) is 0.892. The number of rotatable bonds is 4. The van der Waals surface area contributed by atoms with Crippen LogP contribution in [-0.4, -0.2) is 22.5 Å². The predicted octanol–water partition coefficient (Wildman–Crippen LogP) is 3.43. The SMILES string of the molecule is O=C(O)CC1(NC(=O)c2cc3c(s2)-c2ccccc2OC3)CCC1. The van der Waals surface area contributed by atoms with Gasteiger partial charge in [-0.25, -0.2) is 0 Å². The highest BCUT2D eigenvalue weighted by molar-refractivity contribution is 7.17. The van der Waals surface area contributed by atoms with Gasteiger partial charge in [0.2, 0.25) is 0 Å². The molecular weight excluding hydrogens is 326 g/mol. The molecule has 1 aromatic heterocycles. The zero-order valence-corrected chi connectivity index (χ0v) is 13.8. The molecule has 5 nitrogen and oxygen atoms in total. The van der Waals surface area contributed by atoms with Crippen LogP contribution in [0.5, 0.6) is 5.75 Å². The molecule has 2 heterocycles. The van der Waals surface area contributed by atoms with Crippen LogP contribution in [0, 0.1) is 0 Å². The van der Waals surface area contributed by atoms with Gasteiger partial charge in [-0.2, -0.15) is 0 Å². The second kappa shape index (κ2) is 5.63. The van der Waals surface area contributed by atoms with E-state index in [1.807, 2.05) is 30.3 Å². The van der Waals surface area contributed by atoms with Crippen molar-refractivity contribution in [2.24, 2.45) is 0 Å². The van der Waals surface area contributed by atoms with Crippen molar-refractivity contribution in [2.45, 2.75) is 37.8 Å². The van der Waals surface area contributed by atoms with Gasteiger partial charge in [0.1, 0.15) is 12.4 Å². The molecule has 2 N–H and O–H groups in total. The Labute approximate surface area is 143 Å². The summed E-state index contributed by atoms with van der Waals surface area (Å²) < 4.78 is 5.73. The van der Waals surface area contributed by atoms with Crippen LogP contribution in [0.4, 0.5) is 0 Å². The smallest absolute Gasteiger partial charge is 0.305 e. The molecule has 2 aliphatic rings. The maximum absolute atomic E-state index is 12.6. The second-order valence-electron chi connectivity index (χ2n) is 6.41. The number of carbonyl (C=O) groups is 2. The van der Waals surface area contributed by atoms with Crippen LogP contribution < -0.4 is 10.1 Å². The van der Waals surface area contributed by atoms with E-state index in [1.54, 1.807) is 0 Å². The molecule has 0 atom stereocenters. The number of nitrogens with one attached hydrogen (secondary N) is 1. The molecule has 1 aromatic carbocycles. The average Bonchev–Trinajstić information content (AvgIpc) is 2.97. The number of thiophene rings is 1. The van der Waals surface area contributed by atoms with Gasteiger partial charge in [-0.05, 0) is 37.5 Å². The van der Waals surface area contributed by atoms with Crippen molar-refractivity contribution in [3.05, 3.63) is 40.8 Å². The lowest BCUT2D eigenvalue weighted by Gasteiger charge is -2.41. The number of carboxylic acids is 1. The fourth-order valence-electron chi connectivity index (χ4n) is 3.35. The Kier molecular flexibility index (Phi) is 3.57. The zero-order valence-electron chi connectivity index (χ0n) is 13.0. The largest absolute Gasteiger partial charge is 0.488 e. The van der Waals surface area contributed by atoms with E-state index < -0.39 is 11.5 Å². The Hall–Kier alpha value is -2.34. The number of fused-ring (bicyclic) bond motifs is 3. The summed E-state index contributed by atoms with van der Waals surface area (Å²) >= 11 is 1.44. The Morgan fingerprint density at radius 3 is 2.79 bits per heavy atom. The Morgan fingerprint density at radius 1 is 1.29 bits per heavy atom. The van der Waals surface area contributed by atoms with Crippen LogP contribution in [0.2, 0.25) is 0 Å². The molecule has 1 aliphatic carbocycles. The van der Waals surface area contributed by atoms with E-state index in [2.05, 4.69) is 5.32 Å². The number of carbonyl (C=O) groups excluding carboxylic acids is 1. The molecule has 1 fully saturated rings. The van der Waals surface area contributed by atoms with Gasteiger partial charge in [-0.15, -0.1) is 11.3 Å². The highest BCUT2D eigenvalue weighted by Crippen LogP contribution is 2.42. The number of amides is 1. The summed E-state index contributed by atoms with van der Waals surface area (Å²) in [6.45, 7) is 0.455. The predicted molar refractivity (Wildman–Crippen MR) is 90.4 cm³/mol. The average molecular weight is 343 g/mol. The van der Waals surface area contributed by atoms with Crippen molar-refractivity contribution in [2.75, 3.05) is 0 Å². The van der Waals surface area contributed by atoms with E-state index >= 15 is 0 Å². The van der Waals surface area contributed by atoms with E-state index in [-0.39, 0.29) is 12.3 Å². The lowest BCUT2D eigenvalue weighted by molar-refractivity contribution is -0.139. The summed E-state index contributed by atoms with van der Waals surface area (Å²) in [5.41, 5.74) is 1.43.